The lowest BCUT2D eigenvalue weighted by atomic mass is 9.96. The minimum Gasteiger partial charge on any atom is -0.374 e. The molecular formula is C19H36O2S. The van der Waals surface area contributed by atoms with Crippen molar-refractivity contribution in [3.63, 3.8) is 0 Å². The van der Waals surface area contributed by atoms with E-state index in [9.17, 15) is 4.55 Å². The third kappa shape index (κ3) is 8.82. The second kappa shape index (κ2) is 10.3. The van der Waals surface area contributed by atoms with Gasteiger partial charge < -0.3 is 9.29 Å². The van der Waals surface area contributed by atoms with Gasteiger partial charge in [-0.15, -0.1) is 10.3 Å². The Morgan fingerprint density at radius 3 is 1.86 bits per heavy atom. The standard InChI is InChI=1S/C11H14O.C6H16OS.C2H6/c1-2-5-10(6-3-1)9-12-11-7-4-8-11;1-6(2,3)8(4,5)7;1-2/h1-3,5-6,11H,4,7-9H2;7H,1-5H3;1-2H3. The summed E-state index contributed by atoms with van der Waals surface area (Å²) in [4.78, 5) is 0. The van der Waals surface area contributed by atoms with Crippen LogP contribution in [-0.4, -0.2) is 27.9 Å². The fourth-order valence-electron chi connectivity index (χ4n) is 1.33. The molecule has 0 saturated heterocycles. The van der Waals surface area contributed by atoms with Gasteiger partial charge in [0.2, 0.25) is 0 Å². The van der Waals surface area contributed by atoms with Crippen molar-refractivity contribution >= 4 is 10.3 Å². The van der Waals surface area contributed by atoms with Crippen LogP contribution in [0.3, 0.4) is 0 Å². The van der Waals surface area contributed by atoms with Crippen molar-refractivity contribution in [3.8, 4) is 0 Å². The van der Waals surface area contributed by atoms with Gasteiger partial charge in [0, 0.05) is 4.75 Å². The van der Waals surface area contributed by atoms with Gasteiger partial charge in [0.05, 0.1) is 12.7 Å². The molecular weight excluding hydrogens is 292 g/mol. The Morgan fingerprint density at radius 2 is 1.55 bits per heavy atom. The summed E-state index contributed by atoms with van der Waals surface area (Å²) in [7, 11) is -1.34. The van der Waals surface area contributed by atoms with Crippen molar-refractivity contribution in [1.29, 1.82) is 0 Å². The van der Waals surface area contributed by atoms with E-state index in [2.05, 4.69) is 45.0 Å². The molecule has 0 unspecified atom stereocenters. The quantitative estimate of drug-likeness (QED) is 0.726. The Morgan fingerprint density at radius 1 is 1.09 bits per heavy atom. The first-order valence-corrected chi connectivity index (χ1v) is 10.7. The maximum Gasteiger partial charge on any atom is 0.0720 e. The van der Waals surface area contributed by atoms with Crippen LogP contribution in [0, 0.1) is 0 Å². The van der Waals surface area contributed by atoms with Crippen molar-refractivity contribution < 1.29 is 9.29 Å². The zero-order chi connectivity index (χ0) is 17.2. The van der Waals surface area contributed by atoms with Crippen molar-refractivity contribution in [1.82, 2.24) is 0 Å². The lowest BCUT2D eigenvalue weighted by molar-refractivity contribution is -0.00866. The highest BCUT2D eigenvalue weighted by atomic mass is 32.3. The number of ether oxygens (including phenoxy) is 1. The molecule has 0 bridgehead atoms. The van der Waals surface area contributed by atoms with Gasteiger partial charge in [-0.1, -0.05) is 65.0 Å². The predicted octanol–water partition coefficient (Wildman–Crippen LogP) is 6.10. The normalized spacial score (nSPS) is 15.6. The van der Waals surface area contributed by atoms with Crippen LogP contribution < -0.4 is 0 Å². The molecule has 130 valence electrons. The maximum atomic E-state index is 9.44. The summed E-state index contributed by atoms with van der Waals surface area (Å²) in [6, 6.07) is 10.4. The first-order valence-electron chi connectivity index (χ1n) is 8.31. The van der Waals surface area contributed by atoms with Gasteiger partial charge >= 0.3 is 0 Å². The summed E-state index contributed by atoms with van der Waals surface area (Å²) >= 11 is 0. The molecule has 0 amide bonds. The molecule has 3 heteroatoms. The number of rotatable bonds is 3. The molecule has 0 atom stereocenters. The first-order chi connectivity index (χ1) is 10.2. The van der Waals surface area contributed by atoms with Crippen LogP contribution in [0.1, 0.15) is 59.4 Å². The molecule has 2 rings (SSSR count). The number of hydrogen-bond acceptors (Lipinski definition) is 2. The second-order valence-corrected chi connectivity index (χ2v) is 10.5. The Labute approximate surface area is 139 Å². The zero-order valence-electron chi connectivity index (χ0n) is 15.6. The van der Waals surface area contributed by atoms with Crippen LogP contribution in [0.25, 0.3) is 0 Å². The minimum atomic E-state index is -1.34. The highest BCUT2D eigenvalue weighted by Gasteiger charge is 2.24. The molecule has 1 aromatic rings. The van der Waals surface area contributed by atoms with E-state index in [1.165, 1.54) is 24.8 Å². The molecule has 1 saturated carbocycles. The number of hydrogen-bond donors (Lipinski definition) is 1. The molecule has 1 N–H and O–H groups in total. The molecule has 1 aliphatic carbocycles. The molecule has 0 aliphatic heterocycles. The van der Waals surface area contributed by atoms with Gasteiger partial charge in [-0.05, 0) is 37.3 Å². The summed E-state index contributed by atoms with van der Waals surface area (Å²) in [6.45, 7) is 11.0. The molecule has 1 aromatic carbocycles. The fourth-order valence-corrected chi connectivity index (χ4v) is 1.33. The highest BCUT2D eigenvalue weighted by molar-refractivity contribution is 8.29. The van der Waals surface area contributed by atoms with Crippen molar-refractivity contribution in [2.75, 3.05) is 12.5 Å². The lowest BCUT2D eigenvalue weighted by Crippen LogP contribution is -2.21. The van der Waals surface area contributed by atoms with Crippen LogP contribution in [0.2, 0.25) is 0 Å². The van der Waals surface area contributed by atoms with E-state index < -0.39 is 10.3 Å². The van der Waals surface area contributed by atoms with E-state index in [0.717, 1.165) is 6.61 Å². The summed E-state index contributed by atoms with van der Waals surface area (Å²) in [5.74, 6) is 0. The van der Waals surface area contributed by atoms with Gasteiger partial charge in [-0.25, -0.2) is 0 Å². The minimum absolute atomic E-state index is 0.0764. The van der Waals surface area contributed by atoms with Gasteiger partial charge in [0.25, 0.3) is 0 Å². The van der Waals surface area contributed by atoms with E-state index in [1.54, 1.807) is 0 Å². The molecule has 0 radical (unpaired) electrons. The Bertz CT molecular complexity index is 361. The average molecular weight is 329 g/mol. The van der Waals surface area contributed by atoms with Crippen LogP contribution in [0.5, 0.6) is 0 Å². The van der Waals surface area contributed by atoms with Gasteiger partial charge in [0.15, 0.2) is 0 Å². The van der Waals surface area contributed by atoms with Crippen LogP contribution >= 0.6 is 10.3 Å². The Kier molecular flexibility index (Phi) is 10.1. The summed E-state index contributed by atoms with van der Waals surface area (Å²) in [5.41, 5.74) is 1.28. The first kappa shape index (κ1) is 21.5. The largest absolute Gasteiger partial charge is 0.374 e. The van der Waals surface area contributed by atoms with Gasteiger partial charge in [-0.2, -0.15) is 0 Å². The van der Waals surface area contributed by atoms with Gasteiger partial charge in [-0.3, -0.25) is 0 Å². The van der Waals surface area contributed by atoms with Crippen molar-refractivity contribution in [2.24, 2.45) is 0 Å². The smallest absolute Gasteiger partial charge is 0.0720 e. The third-order valence-electron chi connectivity index (χ3n) is 3.88. The Hall–Kier alpha value is -0.510. The molecule has 0 heterocycles. The molecule has 1 fully saturated rings. The van der Waals surface area contributed by atoms with Crippen molar-refractivity contribution in [3.05, 3.63) is 35.9 Å². The van der Waals surface area contributed by atoms with E-state index in [-0.39, 0.29) is 4.75 Å². The molecule has 0 aromatic heterocycles. The molecule has 22 heavy (non-hydrogen) atoms. The average Bonchev–Trinajstić information content (AvgIpc) is 2.39. The highest BCUT2D eigenvalue weighted by Crippen LogP contribution is 2.48. The maximum absolute atomic E-state index is 9.44. The Balaban J connectivity index is 0.000000388. The summed E-state index contributed by atoms with van der Waals surface area (Å²) in [6.07, 6.45) is 8.23. The van der Waals surface area contributed by atoms with E-state index in [1.807, 2.05) is 32.4 Å². The number of benzene rings is 1. The fraction of sp³-hybridized carbons (Fsp3) is 0.684. The van der Waals surface area contributed by atoms with E-state index in [0.29, 0.717) is 6.10 Å². The zero-order valence-corrected chi connectivity index (χ0v) is 16.4. The second-order valence-electron chi connectivity index (χ2n) is 6.73. The van der Waals surface area contributed by atoms with Crippen LogP contribution in [0.4, 0.5) is 0 Å². The molecule has 0 spiro atoms. The van der Waals surface area contributed by atoms with Gasteiger partial charge in [0.1, 0.15) is 0 Å². The van der Waals surface area contributed by atoms with Crippen LogP contribution in [-0.2, 0) is 11.3 Å². The van der Waals surface area contributed by atoms with Crippen LogP contribution in [0.15, 0.2) is 30.3 Å². The summed E-state index contributed by atoms with van der Waals surface area (Å²) in [5, 5.41) is 0. The summed E-state index contributed by atoms with van der Waals surface area (Å²) < 4.78 is 15.2. The third-order valence-corrected chi connectivity index (χ3v) is 6.88. The SMILES string of the molecule is CC.CC(C)(C)S(C)(C)O.c1ccc(COC2CCC2)cc1. The molecule has 1 aliphatic rings. The van der Waals surface area contributed by atoms with E-state index in [4.69, 9.17) is 4.74 Å². The lowest BCUT2D eigenvalue weighted by Gasteiger charge is -2.38. The van der Waals surface area contributed by atoms with E-state index >= 15 is 0 Å². The topological polar surface area (TPSA) is 29.5 Å². The monoisotopic (exact) mass is 328 g/mol. The molecule has 2 nitrogen and oxygen atoms in total. The van der Waals surface area contributed by atoms with Crippen molar-refractivity contribution in [2.45, 2.75) is 71.3 Å². The predicted molar refractivity (Wildman–Crippen MR) is 102 cm³/mol.